The number of nitrogens with one attached hydrogen (secondary N) is 1. The molecule has 0 amide bonds. The number of rotatable bonds is 4. The van der Waals surface area contributed by atoms with Crippen molar-refractivity contribution in [3.63, 3.8) is 0 Å². The maximum atomic E-state index is 5.58. The Labute approximate surface area is 99.1 Å². The fourth-order valence-corrected chi connectivity index (χ4v) is 2.34. The molecule has 0 unspecified atom stereocenters. The van der Waals surface area contributed by atoms with Crippen LogP contribution in [0.15, 0.2) is 28.7 Å². The van der Waals surface area contributed by atoms with Gasteiger partial charge in [0.2, 0.25) is 0 Å². The highest BCUT2D eigenvalue weighted by atomic mass is 79.9. The van der Waals surface area contributed by atoms with E-state index in [2.05, 4.69) is 33.5 Å². The third-order valence-electron chi connectivity index (χ3n) is 2.72. The molecule has 2 rings (SSSR count). The second kappa shape index (κ2) is 5.64. The molecule has 1 saturated carbocycles. The normalized spacial score (nSPS) is 17.1. The van der Waals surface area contributed by atoms with Crippen LogP contribution in [0.3, 0.4) is 0 Å². The molecule has 3 heteroatoms. The van der Waals surface area contributed by atoms with E-state index in [1.54, 1.807) is 0 Å². The molecule has 0 atom stereocenters. The van der Waals surface area contributed by atoms with Crippen molar-refractivity contribution in [2.75, 3.05) is 0 Å². The van der Waals surface area contributed by atoms with Gasteiger partial charge in [-0.15, -0.1) is 0 Å². The first-order valence-corrected chi connectivity index (χ1v) is 6.27. The van der Waals surface area contributed by atoms with E-state index in [0.29, 0.717) is 6.10 Å². The van der Waals surface area contributed by atoms with Gasteiger partial charge in [0.15, 0.2) is 0 Å². The van der Waals surface area contributed by atoms with Gasteiger partial charge in [-0.05, 0) is 30.5 Å². The third kappa shape index (κ3) is 3.59. The van der Waals surface area contributed by atoms with Crippen molar-refractivity contribution < 1.29 is 4.84 Å². The van der Waals surface area contributed by atoms with Crippen LogP contribution in [-0.2, 0) is 11.4 Å². The summed E-state index contributed by atoms with van der Waals surface area (Å²) < 4.78 is 1.11. The van der Waals surface area contributed by atoms with Gasteiger partial charge in [0.1, 0.15) is 0 Å². The highest BCUT2D eigenvalue weighted by Crippen LogP contribution is 2.20. The van der Waals surface area contributed by atoms with E-state index in [1.165, 1.54) is 31.2 Å². The van der Waals surface area contributed by atoms with Crippen LogP contribution in [0.1, 0.15) is 31.2 Å². The lowest BCUT2D eigenvalue weighted by Crippen LogP contribution is -2.21. The minimum absolute atomic E-state index is 0.428. The van der Waals surface area contributed by atoms with Gasteiger partial charge in [-0.1, -0.05) is 40.9 Å². The molecule has 0 heterocycles. The molecule has 15 heavy (non-hydrogen) atoms. The highest BCUT2D eigenvalue weighted by molar-refractivity contribution is 9.10. The van der Waals surface area contributed by atoms with E-state index in [1.807, 2.05) is 12.1 Å². The molecule has 0 radical (unpaired) electrons. The molecule has 2 nitrogen and oxygen atoms in total. The van der Waals surface area contributed by atoms with Crippen LogP contribution < -0.4 is 5.48 Å². The van der Waals surface area contributed by atoms with Crippen molar-refractivity contribution in [1.82, 2.24) is 5.48 Å². The van der Waals surface area contributed by atoms with Gasteiger partial charge in [-0.25, -0.2) is 0 Å². The van der Waals surface area contributed by atoms with Gasteiger partial charge < -0.3 is 0 Å². The summed E-state index contributed by atoms with van der Waals surface area (Å²) in [7, 11) is 0. The van der Waals surface area contributed by atoms with Crippen LogP contribution in [0, 0.1) is 0 Å². The van der Waals surface area contributed by atoms with E-state index in [-0.39, 0.29) is 0 Å². The molecule has 0 saturated heterocycles. The van der Waals surface area contributed by atoms with Crippen molar-refractivity contribution in [3.05, 3.63) is 34.3 Å². The Bertz CT molecular complexity index is 310. The molecule has 1 aliphatic rings. The van der Waals surface area contributed by atoms with Crippen LogP contribution in [0.4, 0.5) is 0 Å². The standard InChI is InChI=1S/C12H16BrNO/c13-11-5-3-4-10(8-11)9-14-15-12-6-1-2-7-12/h3-5,8,12,14H,1-2,6-7,9H2. The summed E-state index contributed by atoms with van der Waals surface area (Å²) in [5.41, 5.74) is 4.29. The van der Waals surface area contributed by atoms with Gasteiger partial charge >= 0.3 is 0 Å². The van der Waals surface area contributed by atoms with Crippen LogP contribution in [0.5, 0.6) is 0 Å². The molecule has 0 spiro atoms. The first kappa shape index (κ1) is 11.1. The molecule has 1 aliphatic carbocycles. The summed E-state index contributed by atoms with van der Waals surface area (Å²) >= 11 is 3.45. The predicted octanol–water partition coefficient (Wildman–Crippen LogP) is 3.41. The highest BCUT2D eigenvalue weighted by Gasteiger charge is 2.15. The van der Waals surface area contributed by atoms with Crippen molar-refractivity contribution in [1.29, 1.82) is 0 Å². The monoisotopic (exact) mass is 269 g/mol. The minimum Gasteiger partial charge on any atom is -0.298 e. The number of benzene rings is 1. The Kier molecular flexibility index (Phi) is 4.18. The second-order valence-electron chi connectivity index (χ2n) is 3.98. The third-order valence-corrected chi connectivity index (χ3v) is 3.21. The fraction of sp³-hybridized carbons (Fsp3) is 0.500. The van der Waals surface area contributed by atoms with Gasteiger partial charge in [0, 0.05) is 11.0 Å². The molecule has 0 aromatic heterocycles. The van der Waals surface area contributed by atoms with E-state index >= 15 is 0 Å². The Morgan fingerprint density at radius 1 is 1.33 bits per heavy atom. The zero-order chi connectivity index (χ0) is 10.5. The van der Waals surface area contributed by atoms with E-state index in [4.69, 9.17) is 4.84 Å². The summed E-state index contributed by atoms with van der Waals surface area (Å²) in [6.45, 7) is 0.774. The van der Waals surface area contributed by atoms with Gasteiger partial charge in [0.25, 0.3) is 0 Å². The number of hydroxylamine groups is 1. The van der Waals surface area contributed by atoms with Gasteiger partial charge in [-0.2, -0.15) is 5.48 Å². The summed E-state index contributed by atoms with van der Waals surface area (Å²) in [4.78, 5) is 5.58. The van der Waals surface area contributed by atoms with Crippen LogP contribution in [0.2, 0.25) is 0 Å². The summed E-state index contributed by atoms with van der Waals surface area (Å²) in [6, 6.07) is 8.26. The lowest BCUT2D eigenvalue weighted by molar-refractivity contribution is -0.0244. The molecular formula is C12H16BrNO. The van der Waals surface area contributed by atoms with Crippen LogP contribution in [-0.4, -0.2) is 6.10 Å². The molecule has 1 fully saturated rings. The van der Waals surface area contributed by atoms with Crippen LogP contribution in [0.25, 0.3) is 0 Å². The first-order valence-electron chi connectivity index (χ1n) is 5.47. The Morgan fingerprint density at radius 2 is 2.13 bits per heavy atom. The van der Waals surface area contributed by atoms with Crippen molar-refractivity contribution in [3.8, 4) is 0 Å². The quantitative estimate of drug-likeness (QED) is 0.846. The van der Waals surface area contributed by atoms with Crippen molar-refractivity contribution >= 4 is 15.9 Å². The van der Waals surface area contributed by atoms with Crippen LogP contribution >= 0.6 is 15.9 Å². The Balaban J connectivity index is 1.73. The molecule has 0 bridgehead atoms. The number of hydrogen-bond acceptors (Lipinski definition) is 2. The van der Waals surface area contributed by atoms with E-state index in [0.717, 1.165) is 11.0 Å². The molecule has 0 aliphatic heterocycles. The summed E-state index contributed by atoms with van der Waals surface area (Å²) in [5, 5.41) is 0. The lowest BCUT2D eigenvalue weighted by atomic mass is 10.2. The first-order chi connectivity index (χ1) is 7.34. The molecule has 82 valence electrons. The second-order valence-corrected chi connectivity index (χ2v) is 4.89. The summed E-state index contributed by atoms with van der Waals surface area (Å²) in [5.74, 6) is 0. The molecule has 1 aromatic rings. The molecular weight excluding hydrogens is 254 g/mol. The van der Waals surface area contributed by atoms with Gasteiger partial charge in [0.05, 0.1) is 6.10 Å². The maximum absolute atomic E-state index is 5.58. The zero-order valence-electron chi connectivity index (χ0n) is 8.71. The fourth-order valence-electron chi connectivity index (χ4n) is 1.90. The summed E-state index contributed by atoms with van der Waals surface area (Å²) in [6.07, 6.45) is 5.45. The molecule has 1 N–H and O–H groups in total. The number of hydrogen-bond donors (Lipinski definition) is 1. The van der Waals surface area contributed by atoms with Crippen molar-refractivity contribution in [2.24, 2.45) is 0 Å². The minimum atomic E-state index is 0.428. The van der Waals surface area contributed by atoms with Gasteiger partial charge in [-0.3, -0.25) is 4.84 Å². The average Bonchev–Trinajstić information content (AvgIpc) is 2.71. The zero-order valence-corrected chi connectivity index (χ0v) is 10.3. The SMILES string of the molecule is Brc1cccc(CNOC2CCCC2)c1. The lowest BCUT2D eigenvalue weighted by Gasteiger charge is -2.11. The average molecular weight is 270 g/mol. The Morgan fingerprint density at radius 3 is 2.87 bits per heavy atom. The topological polar surface area (TPSA) is 21.3 Å². The number of halogens is 1. The smallest absolute Gasteiger partial charge is 0.0790 e. The Hall–Kier alpha value is -0.380. The largest absolute Gasteiger partial charge is 0.298 e. The van der Waals surface area contributed by atoms with E-state index < -0.39 is 0 Å². The van der Waals surface area contributed by atoms with Crippen molar-refractivity contribution in [2.45, 2.75) is 38.3 Å². The van der Waals surface area contributed by atoms with E-state index in [9.17, 15) is 0 Å². The molecule has 1 aromatic carbocycles. The maximum Gasteiger partial charge on any atom is 0.0790 e. The predicted molar refractivity (Wildman–Crippen MR) is 64.3 cm³/mol.